The molecule has 0 aliphatic heterocycles. The van der Waals surface area contributed by atoms with Gasteiger partial charge in [-0.1, -0.05) is 13.8 Å². The van der Waals surface area contributed by atoms with Crippen LogP contribution in [0.15, 0.2) is 0 Å². The second-order valence-corrected chi connectivity index (χ2v) is 4.33. The third kappa shape index (κ3) is 1.98. The molecule has 1 fully saturated rings. The number of carbonyl (C=O) groups is 1. The molecule has 1 saturated carbocycles. The minimum atomic E-state index is -0.887. The van der Waals surface area contributed by atoms with Crippen molar-refractivity contribution in [1.29, 1.82) is 0 Å². The number of rotatable bonds is 3. The molecule has 0 saturated heterocycles. The van der Waals surface area contributed by atoms with E-state index < -0.39 is 5.54 Å². The fourth-order valence-corrected chi connectivity index (χ4v) is 1.96. The first-order valence-corrected chi connectivity index (χ1v) is 4.89. The Morgan fingerprint density at radius 3 is 2.40 bits per heavy atom. The van der Waals surface area contributed by atoms with Crippen LogP contribution in [-0.2, 0) is 14.3 Å². The monoisotopic (exact) mass is 237 g/mol. The maximum absolute atomic E-state index is 11.5. The van der Waals surface area contributed by atoms with E-state index in [9.17, 15) is 4.79 Å². The number of halogens is 1. The molecule has 5 heteroatoms. The van der Waals surface area contributed by atoms with Crippen LogP contribution in [0.4, 0.5) is 0 Å². The average Bonchev–Trinajstić information content (AvgIpc) is 2.16. The predicted molar refractivity (Wildman–Crippen MR) is 60.0 cm³/mol. The lowest BCUT2D eigenvalue weighted by Gasteiger charge is -2.56. The Balaban J connectivity index is 0.00000196. The predicted octanol–water partition coefficient (Wildman–Crippen LogP) is 1.11. The van der Waals surface area contributed by atoms with E-state index in [-0.39, 0.29) is 29.9 Å². The Labute approximate surface area is 96.9 Å². The molecule has 0 radical (unpaired) electrons. The smallest absolute Gasteiger partial charge is 0.326 e. The summed E-state index contributed by atoms with van der Waals surface area (Å²) in [6, 6.07) is 0. The molecule has 0 amide bonds. The summed E-state index contributed by atoms with van der Waals surface area (Å²) in [7, 11) is 1.36. The van der Waals surface area contributed by atoms with Gasteiger partial charge in [0.05, 0.1) is 13.2 Å². The highest BCUT2D eigenvalue weighted by molar-refractivity contribution is 5.85. The molecule has 1 aliphatic carbocycles. The van der Waals surface area contributed by atoms with Crippen LogP contribution in [0.25, 0.3) is 0 Å². The van der Waals surface area contributed by atoms with E-state index in [4.69, 9.17) is 15.2 Å². The molecule has 0 heterocycles. The molecule has 2 N–H and O–H groups in total. The van der Waals surface area contributed by atoms with Crippen molar-refractivity contribution >= 4 is 18.4 Å². The highest BCUT2D eigenvalue weighted by Gasteiger charge is 2.63. The Morgan fingerprint density at radius 1 is 1.53 bits per heavy atom. The van der Waals surface area contributed by atoms with Crippen molar-refractivity contribution in [3.05, 3.63) is 0 Å². The normalized spacial score (nSPS) is 32.5. The maximum Gasteiger partial charge on any atom is 0.326 e. The Bertz CT molecular complexity index is 245. The summed E-state index contributed by atoms with van der Waals surface area (Å²) in [6.07, 6.45) is 0.595. The number of ether oxygens (including phenoxy) is 2. The van der Waals surface area contributed by atoms with Gasteiger partial charge in [0.15, 0.2) is 0 Å². The fraction of sp³-hybridized carbons (Fsp3) is 0.900. The standard InChI is InChI=1S/C10H19NO3.ClH/c1-5-14-7-6-10(11,8(12)13-4)9(7,2)3;/h7H,5-6,11H2,1-4H3;1H/t7-,10-;/m1./s1. The number of carbonyl (C=O) groups excluding carboxylic acids is 1. The average molecular weight is 238 g/mol. The molecule has 0 aromatic carbocycles. The molecular weight excluding hydrogens is 218 g/mol. The van der Waals surface area contributed by atoms with Crippen LogP contribution in [0.1, 0.15) is 27.2 Å². The molecular formula is C10H20ClNO3. The van der Waals surface area contributed by atoms with Crippen molar-refractivity contribution in [3.8, 4) is 0 Å². The van der Waals surface area contributed by atoms with Crippen LogP contribution >= 0.6 is 12.4 Å². The van der Waals surface area contributed by atoms with Crippen molar-refractivity contribution in [2.75, 3.05) is 13.7 Å². The van der Waals surface area contributed by atoms with Gasteiger partial charge in [0, 0.05) is 18.4 Å². The molecule has 90 valence electrons. The van der Waals surface area contributed by atoms with Gasteiger partial charge in [0.2, 0.25) is 0 Å². The third-order valence-corrected chi connectivity index (χ3v) is 3.38. The van der Waals surface area contributed by atoms with Crippen LogP contribution in [0.2, 0.25) is 0 Å². The summed E-state index contributed by atoms with van der Waals surface area (Å²) in [5.74, 6) is -0.349. The zero-order valence-corrected chi connectivity index (χ0v) is 10.5. The second kappa shape index (κ2) is 4.68. The lowest BCUT2D eigenvalue weighted by molar-refractivity contribution is -0.187. The molecule has 4 nitrogen and oxygen atoms in total. The SMILES string of the molecule is CCO[C@@H]1C[C@@](N)(C(=O)OC)C1(C)C.Cl. The topological polar surface area (TPSA) is 61.5 Å². The second-order valence-electron chi connectivity index (χ2n) is 4.33. The Hall–Kier alpha value is -0.320. The highest BCUT2D eigenvalue weighted by atomic mass is 35.5. The summed E-state index contributed by atoms with van der Waals surface area (Å²) < 4.78 is 10.2. The zero-order chi connectivity index (χ0) is 11.0. The first kappa shape index (κ1) is 14.7. The van der Waals surface area contributed by atoms with Gasteiger partial charge in [-0.3, -0.25) is 4.79 Å². The Kier molecular flexibility index (Phi) is 4.58. The lowest BCUT2D eigenvalue weighted by atomic mass is 9.54. The minimum absolute atomic E-state index is 0. The molecule has 0 aromatic rings. The van der Waals surface area contributed by atoms with Gasteiger partial charge in [-0.25, -0.2) is 0 Å². The van der Waals surface area contributed by atoms with Crippen molar-refractivity contribution in [1.82, 2.24) is 0 Å². The third-order valence-electron chi connectivity index (χ3n) is 3.38. The van der Waals surface area contributed by atoms with Gasteiger partial charge in [-0.15, -0.1) is 12.4 Å². The van der Waals surface area contributed by atoms with Gasteiger partial charge in [-0.05, 0) is 6.92 Å². The fourth-order valence-electron chi connectivity index (χ4n) is 1.96. The molecule has 0 spiro atoms. The van der Waals surface area contributed by atoms with Crippen LogP contribution < -0.4 is 5.73 Å². The van der Waals surface area contributed by atoms with Gasteiger partial charge in [-0.2, -0.15) is 0 Å². The maximum atomic E-state index is 11.5. The van der Waals surface area contributed by atoms with Crippen LogP contribution in [0.5, 0.6) is 0 Å². The molecule has 0 bridgehead atoms. The summed E-state index contributed by atoms with van der Waals surface area (Å²) in [5.41, 5.74) is 4.76. The van der Waals surface area contributed by atoms with Gasteiger partial charge >= 0.3 is 5.97 Å². The van der Waals surface area contributed by atoms with E-state index in [0.29, 0.717) is 13.0 Å². The minimum Gasteiger partial charge on any atom is -0.468 e. The largest absolute Gasteiger partial charge is 0.468 e. The molecule has 15 heavy (non-hydrogen) atoms. The molecule has 0 unspecified atom stereocenters. The van der Waals surface area contributed by atoms with E-state index in [1.807, 2.05) is 20.8 Å². The number of hydrogen-bond donors (Lipinski definition) is 1. The summed E-state index contributed by atoms with van der Waals surface area (Å²) in [4.78, 5) is 11.5. The number of methoxy groups -OCH3 is 1. The molecule has 1 aliphatic rings. The van der Waals surface area contributed by atoms with E-state index in [0.717, 1.165) is 0 Å². The van der Waals surface area contributed by atoms with Crippen molar-refractivity contribution < 1.29 is 14.3 Å². The Morgan fingerprint density at radius 2 is 2.07 bits per heavy atom. The van der Waals surface area contributed by atoms with Gasteiger partial charge < -0.3 is 15.2 Å². The first-order chi connectivity index (χ1) is 6.40. The van der Waals surface area contributed by atoms with E-state index >= 15 is 0 Å². The summed E-state index contributed by atoms with van der Waals surface area (Å²) >= 11 is 0. The van der Waals surface area contributed by atoms with Crippen LogP contribution in [0.3, 0.4) is 0 Å². The first-order valence-electron chi connectivity index (χ1n) is 4.89. The molecule has 2 atom stereocenters. The van der Waals surface area contributed by atoms with E-state index in [2.05, 4.69) is 0 Å². The van der Waals surface area contributed by atoms with Crippen molar-refractivity contribution in [2.45, 2.75) is 38.8 Å². The molecule has 0 aromatic heterocycles. The van der Waals surface area contributed by atoms with E-state index in [1.54, 1.807) is 0 Å². The number of hydrogen-bond acceptors (Lipinski definition) is 4. The summed E-state index contributed by atoms with van der Waals surface area (Å²) in [5, 5.41) is 0. The lowest BCUT2D eigenvalue weighted by Crippen LogP contribution is -2.73. The van der Waals surface area contributed by atoms with Gasteiger partial charge in [0.25, 0.3) is 0 Å². The highest BCUT2D eigenvalue weighted by Crippen LogP contribution is 2.50. The molecule has 1 rings (SSSR count). The van der Waals surface area contributed by atoms with Crippen molar-refractivity contribution in [3.63, 3.8) is 0 Å². The number of nitrogens with two attached hydrogens (primary N) is 1. The van der Waals surface area contributed by atoms with Crippen molar-refractivity contribution in [2.24, 2.45) is 11.1 Å². The number of esters is 1. The summed E-state index contributed by atoms with van der Waals surface area (Å²) in [6.45, 7) is 6.46. The van der Waals surface area contributed by atoms with Crippen LogP contribution in [0, 0.1) is 5.41 Å². The van der Waals surface area contributed by atoms with Gasteiger partial charge in [0.1, 0.15) is 5.54 Å². The van der Waals surface area contributed by atoms with Crippen LogP contribution in [-0.4, -0.2) is 31.3 Å². The van der Waals surface area contributed by atoms with E-state index in [1.165, 1.54) is 7.11 Å². The zero-order valence-electron chi connectivity index (χ0n) is 9.70. The quantitative estimate of drug-likeness (QED) is 0.748.